The molecule has 1 unspecified atom stereocenters. The van der Waals surface area contributed by atoms with Crippen molar-refractivity contribution in [3.8, 4) is 5.75 Å². The fourth-order valence-electron chi connectivity index (χ4n) is 3.36. The van der Waals surface area contributed by atoms with Crippen LogP contribution in [0.2, 0.25) is 0 Å². The first-order valence-corrected chi connectivity index (χ1v) is 7.61. The average Bonchev–Trinajstić information content (AvgIpc) is 2.47. The van der Waals surface area contributed by atoms with E-state index in [0.29, 0.717) is 6.61 Å². The fraction of sp³-hybridized carbons (Fsp3) is 0.688. The van der Waals surface area contributed by atoms with Crippen LogP contribution >= 0.6 is 0 Å². The third-order valence-electron chi connectivity index (χ3n) is 4.59. The second-order valence-electron chi connectivity index (χ2n) is 5.92. The summed E-state index contributed by atoms with van der Waals surface area (Å²) in [4.78, 5) is 6.60. The van der Waals surface area contributed by atoms with E-state index in [9.17, 15) is 0 Å². The standard InChI is InChI=1S/C16H27N3O/c1-4-20-14-10-13(11-18-12-14)15(17)16(19(2)3)8-6-5-7-9-16/h10-12,15H,4-9,17H2,1-3H3. The smallest absolute Gasteiger partial charge is 0.137 e. The van der Waals surface area contributed by atoms with Gasteiger partial charge < -0.3 is 15.4 Å². The van der Waals surface area contributed by atoms with Gasteiger partial charge in [-0.3, -0.25) is 4.98 Å². The molecule has 0 radical (unpaired) electrons. The maximum atomic E-state index is 6.63. The number of rotatable bonds is 5. The Morgan fingerprint density at radius 1 is 1.30 bits per heavy atom. The van der Waals surface area contributed by atoms with E-state index in [1.807, 2.05) is 19.2 Å². The first kappa shape index (κ1) is 15.3. The predicted molar refractivity (Wildman–Crippen MR) is 81.8 cm³/mol. The summed E-state index contributed by atoms with van der Waals surface area (Å²) in [6, 6.07) is 2.02. The second kappa shape index (κ2) is 6.55. The summed E-state index contributed by atoms with van der Waals surface area (Å²) < 4.78 is 5.55. The summed E-state index contributed by atoms with van der Waals surface area (Å²) in [5.74, 6) is 0.810. The van der Waals surface area contributed by atoms with E-state index in [1.165, 1.54) is 19.3 Å². The van der Waals surface area contributed by atoms with Crippen LogP contribution in [-0.2, 0) is 0 Å². The van der Waals surface area contributed by atoms with Gasteiger partial charge in [0.1, 0.15) is 5.75 Å². The highest BCUT2D eigenvalue weighted by molar-refractivity contribution is 5.28. The number of hydrogen-bond acceptors (Lipinski definition) is 4. The third-order valence-corrected chi connectivity index (χ3v) is 4.59. The Bertz CT molecular complexity index is 427. The molecule has 4 nitrogen and oxygen atoms in total. The lowest BCUT2D eigenvalue weighted by atomic mass is 9.73. The molecule has 4 heteroatoms. The lowest BCUT2D eigenvalue weighted by molar-refractivity contribution is 0.0711. The molecule has 1 aromatic rings. The Labute approximate surface area is 122 Å². The molecule has 0 amide bonds. The molecule has 1 fully saturated rings. The lowest BCUT2D eigenvalue weighted by Gasteiger charge is -2.47. The Hall–Kier alpha value is -1.13. The minimum Gasteiger partial charge on any atom is -0.492 e. The lowest BCUT2D eigenvalue weighted by Crippen LogP contribution is -2.53. The SMILES string of the molecule is CCOc1cncc(C(N)C2(N(C)C)CCCCC2)c1. The van der Waals surface area contributed by atoms with Crippen LogP contribution < -0.4 is 10.5 Å². The molecule has 0 saturated heterocycles. The fourth-order valence-corrected chi connectivity index (χ4v) is 3.36. The van der Waals surface area contributed by atoms with E-state index < -0.39 is 0 Å². The molecule has 0 aromatic carbocycles. The predicted octanol–water partition coefficient (Wildman–Crippen LogP) is 2.74. The topological polar surface area (TPSA) is 51.4 Å². The van der Waals surface area contributed by atoms with E-state index in [4.69, 9.17) is 10.5 Å². The Balaban J connectivity index is 2.27. The second-order valence-corrected chi connectivity index (χ2v) is 5.92. The van der Waals surface area contributed by atoms with Gasteiger partial charge in [0, 0.05) is 17.8 Å². The quantitative estimate of drug-likeness (QED) is 0.899. The first-order chi connectivity index (χ1) is 9.60. The zero-order chi connectivity index (χ0) is 14.6. The average molecular weight is 277 g/mol. The molecule has 112 valence electrons. The van der Waals surface area contributed by atoms with Gasteiger partial charge in [0.15, 0.2) is 0 Å². The van der Waals surface area contributed by atoms with Gasteiger partial charge in [-0.1, -0.05) is 19.3 Å². The van der Waals surface area contributed by atoms with Crippen LogP contribution in [0.5, 0.6) is 5.75 Å². The van der Waals surface area contributed by atoms with Crippen LogP contribution in [0.3, 0.4) is 0 Å². The van der Waals surface area contributed by atoms with Gasteiger partial charge >= 0.3 is 0 Å². The van der Waals surface area contributed by atoms with Crippen LogP contribution in [0.1, 0.15) is 50.6 Å². The summed E-state index contributed by atoms with van der Waals surface area (Å²) in [7, 11) is 4.29. The van der Waals surface area contributed by atoms with Crippen molar-refractivity contribution in [1.29, 1.82) is 0 Å². The molecule has 0 spiro atoms. The number of pyridine rings is 1. The zero-order valence-corrected chi connectivity index (χ0v) is 12.9. The van der Waals surface area contributed by atoms with Crippen molar-refractivity contribution in [2.45, 2.75) is 50.6 Å². The van der Waals surface area contributed by atoms with E-state index in [1.54, 1.807) is 6.20 Å². The molecule has 20 heavy (non-hydrogen) atoms. The van der Waals surface area contributed by atoms with Crippen molar-refractivity contribution >= 4 is 0 Å². The van der Waals surface area contributed by atoms with E-state index in [-0.39, 0.29) is 11.6 Å². The Morgan fingerprint density at radius 2 is 2.00 bits per heavy atom. The molecular formula is C16H27N3O. The highest BCUT2D eigenvalue weighted by Crippen LogP contribution is 2.40. The minimum atomic E-state index is -0.0225. The van der Waals surface area contributed by atoms with E-state index in [0.717, 1.165) is 24.2 Å². The first-order valence-electron chi connectivity index (χ1n) is 7.61. The summed E-state index contributed by atoms with van der Waals surface area (Å²) in [5.41, 5.74) is 7.76. The van der Waals surface area contributed by atoms with Gasteiger partial charge in [0.25, 0.3) is 0 Å². The third kappa shape index (κ3) is 2.96. The van der Waals surface area contributed by atoms with Gasteiger partial charge in [-0.25, -0.2) is 0 Å². The number of ether oxygens (including phenoxy) is 1. The van der Waals surface area contributed by atoms with Crippen molar-refractivity contribution in [2.24, 2.45) is 5.73 Å². The molecule has 2 N–H and O–H groups in total. The van der Waals surface area contributed by atoms with Gasteiger partial charge in [0.05, 0.1) is 12.8 Å². The van der Waals surface area contributed by atoms with Crippen LogP contribution in [0, 0.1) is 0 Å². The van der Waals surface area contributed by atoms with Crippen LogP contribution in [-0.4, -0.2) is 36.1 Å². The normalized spacial score (nSPS) is 19.9. The van der Waals surface area contributed by atoms with E-state index in [2.05, 4.69) is 24.0 Å². The zero-order valence-electron chi connectivity index (χ0n) is 12.9. The van der Waals surface area contributed by atoms with Crippen molar-refractivity contribution in [2.75, 3.05) is 20.7 Å². The molecule has 2 rings (SSSR count). The Morgan fingerprint density at radius 3 is 2.60 bits per heavy atom. The van der Waals surface area contributed by atoms with Crippen LogP contribution in [0.15, 0.2) is 18.5 Å². The van der Waals surface area contributed by atoms with Gasteiger partial charge in [0.2, 0.25) is 0 Å². The highest BCUT2D eigenvalue weighted by Gasteiger charge is 2.40. The summed E-state index contributed by atoms with van der Waals surface area (Å²) >= 11 is 0. The summed E-state index contributed by atoms with van der Waals surface area (Å²) in [6.07, 6.45) is 9.77. The van der Waals surface area contributed by atoms with Gasteiger partial charge in [-0.05, 0) is 45.5 Å². The molecule has 1 aliphatic carbocycles. The number of hydrogen-bond donors (Lipinski definition) is 1. The number of likely N-dealkylation sites (N-methyl/N-ethyl adjacent to an activating group) is 1. The molecule has 0 bridgehead atoms. The Kier molecular flexibility index (Phi) is 5.00. The maximum Gasteiger partial charge on any atom is 0.137 e. The number of aromatic nitrogens is 1. The van der Waals surface area contributed by atoms with Crippen molar-refractivity contribution in [3.63, 3.8) is 0 Å². The minimum absolute atomic E-state index is 0.0225. The number of nitrogens with zero attached hydrogens (tertiary/aromatic N) is 2. The van der Waals surface area contributed by atoms with Crippen LogP contribution in [0.25, 0.3) is 0 Å². The van der Waals surface area contributed by atoms with Crippen LogP contribution in [0.4, 0.5) is 0 Å². The molecule has 1 heterocycles. The molecule has 1 aliphatic rings. The van der Waals surface area contributed by atoms with E-state index >= 15 is 0 Å². The molecule has 1 aromatic heterocycles. The van der Waals surface area contributed by atoms with Crippen molar-refractivity contribution in [3.05, 3.63) is 24.0 Å². The molecular weight excluding hydrogens is 250 g/mol. The van der Waals surface area contributed by atoms with Gasteiger partial charge in [-0.2, -0.15) is 0 Å². The molecule has 1 atom stereocenters. The molecule has 0 aliphatic heterocycles. The van der Waals surface area contributed by atoms with Crippen molar-refractivity contribution < 1.29 is 4.74 Å². The highest BCUT2D eigenvalue weighted by atomic mass is 16.5. The van der Waals surface area contributed by atoms with Crippen molar-refractivity contribution in [1.82, 2.24) is 9.88 Å². The monoisotopic (exact) mass is 277 g/mol. The summed E-state index contributed by atoms with van der Waals surface area (Å²) in [5, 5.41) is 0. The maximum absolute atomic E-state index is 6.63. The van der Waals surface area contributed by atoms with Gasteiger partial charge in [-0.15, -0.1) is 0 Å². The number of nitrogens with two attached hydrogens (primary N) is 1. The largest absolute Gasteiger partial charge is 0.492 e. The summed E-state index contributed by atoms with van der Waals surface area (Å²) in [6.45, 7) is 2.63. The molecule has 1 saturated carbocycles.